The molecule has 0 saturated carbocycles. The molecule has 1 aromatic rings. The average molecular weight is 305 g/mol. The lowest BCUT2D eigenvalue weighted by atomic mass is 9.98. The second-order valence-electron chi connectivity index (χ2n) is 4.21. The highest BCUT2D eigenvalue weighted by Crippen LogP contribution is 2.37. The summed E-state index contributed by atoms with van der Waals surface area (Å²) in [5.74, 6) is 0.338. The van der Waals surface area contributed by atoms with Crippen molar-refractivity contribution >= 4 is 29.2 Å². The Labute approximate surface area is 123 Å². The Morgan fingerprint density at radius 2 is 2.00 bits per heavy atom. The predicted octanol–water partition coefficient (Wildman–Crippen LogP) is 4.45. The highest BCUT2D eigenvalue weighted by atomic mass is 35.5. The molecule has 1 atom stereocenters. The molecular formula is C14H18Cl2O3. The summed E-state index contributed by atoms with van der Waals surface area (Å²) in [6, 6.07) is 3.43. The minimum Gasteiger partial charge on any atom is -0.480 e. The molecule has 0 fully saturated rings. The molecule has 19 heavy (non-hydrogen) atoms. The fraction of sp³-hybridized carbons (Fsp3) is 0.500. The van der Waals surface area contributed by atoms with E-state index in [9.17, 15) is 4.79 Å². The summed E-state index contributed by atoms with van der Waals surface area (Å²) in [7, 11) is 0. The number of benzene rings is 1. The first-order chi connectivity index (χ1) is 8.99. The number of carbonyl (C=O) groups excluding carboxylic acids is 1. The first-order valence-corrected chi connectivity index (χ1v) is 7.02. The third-order valence-electron chi connectivity index (χ3n) is 2.82. The van der Waals surface area contributed by atoms with Crippen LogP contribution in [0.2, 0.25) is 10.0 Å². The largest absolute Gasteiger partial charge is 0.480 e. The van der Waals surface area contributed by atoms with E-state index in [4.69, 9.17) is 32.7 Å². The second kappa shape index (κ2) is 7.61. The van der Waals surface area contributed by atoms with Crippen LogP contribution in [0.25, 0.3) is 0 Å². The van der Waals surface area contributed by atoms with Crippen LogP contribution in [0.1, 0.15) is 38.7 Å². The summed E-state index contributed by atoms with van der Waals surface area (Å²) in [6.45, 7) is 6.04. The molecule has 106 valence electrons. The van der Waals surface area contributed by atoms with Crippen molar-refractivity contribution in [2.45, 2.75) is 33.1 Å². The van der Waals surface area contributed by atoms with E-state index < -0.39 is 5.97 Å². The van der Waals surface area contributed by atoms with E-state index in [0.29, 0.717) is 22.4 Å². The minimum atomic E-state index is -0.413. The van der Waals surface area contributed by atoms with Gasteiger partial charge < -0.3 is 9.47 Å². The summed E-state index contributed by atoms with van der Waals surface area (Å²) in [6.07, 6.45) is 0.923. The topological polar surface area (TPSA) is 35.5 Å². The molecule has 5 heteroatoms. The Balaban J connectivity index is 2.94. The van der Waals surface area contributed by atoms with Crippen molar-refractivity contribution in [2.24, 2.45) is 0 Å². The molecule has 0 aromatic heterocycles. The number of ether oxygens (including phenoxy) is 2. The molecule has 3 nitrogen and oxygen atoms in total. The molecular weight excluding hydrogens is 287 g/mol. The van der Waals surface area contributed by atoms with Crippen LogP contribution in [0.4, 0.5) is 0 Å². The minimum absolute atomic E-state index is 0.154. The number of esters is 1. The van der Waals surface area contributed by atoms with Gasteiger partial charge in [-0.3, -0.25) is 0 Å². The van der Waals surface area contributed by atoms with Crippen LogP contribution >= 0.6 is 23.2 Å². The monoisotopic (exact) mass is 304 g/mol. The number of hydrogen-bond donors (Lipinski definition) is 0. The fourth-order valence-electron chi connectivity index (χ4n) is 1.65. The molecule has 0 aliphatic carbocycles. The van der Waals surface area contributed by atoms with Crippen LogP contribution in [-0.4, -0.2) is 19.2 Å². The van der Waals surface area contributed by atoms with Gasteiger partial charge in [-0.1, -0.05) is 37.0 Å². The van der Waals surface area contributed by atoms with Gasteiger partial charge in [0.05, 0.1) is 11.6 Å². The van der Waals surface area contributed by atoms with Crippen molar-refractivity contribution in [3.8, 4) is 5.75 Å². The molecule has 0 amide bonds. The van der Waals surface area contributed by atoms with Crippen LogP contribution in [0.5, 0.6) is 5.75 Å². The Bertz CT molecular complexity index is 447. The maximum Gasteiger partial charge on any atom is 0.344 e. The SMILES string of the molecule is CCOC(=O)COc1c(Cl)cc(Cl)cc1C(C)CC. The Kier molecular flexibility index (Phi) is 6.46. The molecule has 0 aliphatic rings. The van der Waals surface area contributed by atoms with Crippen molar-refractivity contribution in [3.63, 3.8) is 0 Å². The van der Waals surface area contributed by atoms with Gasteiger partial charge in [0.15, 0.2) is 6.61 Å². The molecule has 0 aliphatic heterocycles. The molecule has 0 saturated heterocycles. The van der Waals surface area contributed by atoms with Gasteiger partial charge in [0.1, 0.15) is 5.75 Å². The second-order valence-corrected chi connectivity index (χ2v) is 5.05. The Hall–Kier alpha value is -0.930. The van der Waals surface area contributed by atoms with E-state index in [-0.39, 0.29) is 12.5 Å². The van der Waals surface area contributed by atoms with Crippen LogP contribution in [0.15, 0.2) is 12.1 Å². The summed E-state index contributed by atoms with van der Waals surface area (Å²) < 4.78 is 10.3. The zero-order valence-electron chi connectivity index (χ0n) is 11.3. The molecule has 0 radical (unpaired) electrons. The number of halogens is 2. The van der Waals surface area contributed by atoms with Crippen LogP contribution < -0.4 is 4.74 Å². The molecule has 0 N–H and O–H groups in total. The third-order valence-corrected chi connectivity index (χ3v) is 3.32. The van der Waals surface area contributed by atoms with Gasteiger partial charge in [-0.2, -0.15) is 0 Å². The van der Waals surface area contributed by atoms with E-state index in [1.54, 1.807) is 13.0 Å². The lowest BCUT2D eigenvalue weighted by molar-refractivity contribution is -0.145. The quantitative estimate of drug-likeness (QED) is 0.728. The molecule has 0 spiro atoms. The first-order valence-electron chi connectivity index (χ1n) is 6.26. The van der Waals surface area contributed by atoms with Gasteiger partial charge in [0.25, 0.3) is 0 Å². The van der Waals surface area contributed by atoms with Gasteiger partial charge in [-0.25, -0.2) is 4.79 Å². The Morgan fingerprint density at radius 3 is 2.58 bits per heavy atom. The Morgan fingerprint density at radius 1 is 1.32 bits per heavy atom. The fourth-order valence-corrected chi connectivity index (χ4v) is 2.22. The molecule has 1 unspecified atom stereocenters. The van der Waals surface area contributed by atoms with Gasteiger partial charge in [-0.15, -0.1) is 0 Å². The highest BCUT2D eigenvalue weighted by molar-refractivity contribution is 6.35. The number of hydrogen-bond acceptors (Lipinski definition) is 3. The average Bonchev–Trinajstić information content (AvgIpc) is 2.36. The predicted molar refractivity (Wildman–Crippen MR) is 77.3 cm³/mol. The lowest BCUT2D eigenvalue weighted by Crippen LogP contribution is -2.15. The number of carbonyl (C=O) groups is 1. The standard InChI is InChI=1S/C14H18Cl2O3/c1-4-9(3)11-6-10(15)7-12(16)14(11)19-8-13(17)18-5-2/h6-7,9H,4-5,8H2,1-3H3. The van der Waals surface area contributed by atoms with Crippen molar-refractivity contribution in [3.05, 3.63) is 27.7 Å². The van der Waals surface area contributed by atoms with Crippen molar-refractivity contribution in [1.29, 1.82) is 0 Å². The van der Waals surface area contributed by atoms with Gasteiger partial charge in [-0.05, 0) is 37.0 Å². The van der Waals surface area contributed by atoms with Gasteiger partial charge in [0, 0.05) is 5.02 Å². The molecule has 0 heterocycles. The highest BCUT2D eigenvalue weighted by Gasteiger charge is 2.16. The van der Waals surface area contributed by atoms with E-state index >= 15 is 0 Å². The van der Waals surface area contributed by atoms with E-state index in [2.05, 4.69) is 13.8 Å². The van der Waals surface area contributed by atoms with Gasteiger partial charge >= 0.3 is 5.97 Å². The molecule has 0 bridgehead atoms. The third kappa shape index (κ3) is 4.59. The summed E-state index contributed by atoms with van der Waals surface area (Å²) in [5.41, 5.74) is 0.907. The van der Waals surface area contributed by atoms with Crippen LogP contribution in [0.3, 0.4) is 0 Å². The molecule has 1 rings (SSSR count). The van der Waals surface area contributed by atoms with Gasteiger partial charge in [0.2, 0.25) is 0 Å². The maximum absolute atomic E-state index is 11.3. The smallest absolute Gasteiger partial charge is 0.344 e. The molecule has 1 aromatic carbocycles. The van der Waals surface area contributed by atoms with Crippen LogP contribution in [0, 0.1) is 0 Å². The summed E-state index contributed by atoms with van der Waals surface area (Å²) in [4.78, 5) is 11.3. The number of rotatable bonds is 6. The maximum atomic E-state index is 11.3. The lowest BCUT2D eigenvalue weighted by Gasteiger charge is -2.17. The normalized spacial score (nSPS) is 12.1. The van der Waals surface area contributed by atoms with Crippen molar-refractivity contribution < 1.29 is 14.3 Å². The van der Waals surface area contributed by atoms with Crippen molar-refractivity contribution in [1.82, 2.24) is 0 Å². The summed E-state index contributed by atoms with van der Waals surface area (Å²) in [5, 5.41) is 0.968. The summed E-state index contributed by atoms with van der Waals surface area (Å²) >= 11 is 12.1. The first kappa shape index (κ1) is 16.1. The van der Waals surface area contributed by atoms with E-state index in [1.807, 2.05) is 6.07 Å². The van der Waals surface area contributed by atoms with E-state index in [1.165, 1.54) is 0 Å². The van der Waals surface area contributed by atoms with Crippen molar-refractivity contribution in [2.75, 3.05) is 13.2 Å². The van der Waals surface area contributed by atoms with E-state index in [0.717, 1.165) is 12.0 Å². The van der Waals surface area contributed by atoms with Crippen LogP contribution in [-0.2, 0) is 9.53 Å². The zero-order chi connectivity index (χ0) is 14.4. The zero-order valence-corrected chi connectivity index (χ0v) is 12.8.